The van der Waals surface area contributed by atoms with Gasteiger partial charge in [0, 0.05) is 12.0 Å². The summed E-state index contributed by atoms with van der Waals surface area (Å²) in [5, 5.41) is 0. The molecule has 21 heavy (non-hydrogen) atoms. The molecular weight excluding hydrogens is 260 g/mol. The van der Waals surface area contributed by atoms with Gasteiger partial charge in [-0.15, -0.1) is 0 Å². The molecule has 0 aliphatic carbocycles. The molecule has 1 aromatic carbocycles. The molecule has 0 fully saturated rings. The summed E-state index contributed by atoms with van der Waals surface area (Å²) in [6.07, 6.45) is 4.33. The van der Waals surface area contributed by atoms with Crippen LogP contribution in [0.5, 0.6) is 0 Å². The lowest BCUT2D eigenvalue weighted by Crippen LogP contribution is -2.24. The molecule has 0 atom stereocenters. The average molecular weight is 288 g/mol. The van der Waals surface area contributed by atoms with Gasteiger partial charge in [0.25, 0.3) is 0 Å². The number of rotatable bonds is 8. The van der Waals surface area contributed by atoms with Gasteiger partial charge in [-0.3, -0.25) is 0 Å². The van der Waals surface area contributed by atoms with E-state index >= 15 is 0 Å². The van der Waals surface area contributed by atoms with E-state index in [2.05, 4.69) is 11.8 Å². The normalized spacial score (nSPS) is 11.0. The Morgan fingerprint density at radius 2 is 1.52 bits per heavy atom. The van der Waals surface area contributed by atoms with E-state index in [9.17, 15) is 0 Å². The molecule has 0 heterocycles. The van der Waals surface area contributed by atoms with Gasteiger partial charge in [-0.25, -0.2) is 0 Å². The zero-order valence-corrected chi connectivity index (χ0v) is 13.8. The molecule has 0 radical (unpaired) electrons. The fourth-order valence-electron chi connectivity index (χ4n) is 1.99. The van der Waals surface area contributed by atoms with E-state index in [-0.39, 0.29) is 18.5 Å². The van der Waals surface area contributed by atoms with Crippen LogP contribution in [-0.4, -0.2) is 18.5 Å². The Hall–Kier alpha value is -1.30. The predicted molar refractivity (Wildman–Crippen MR) is 88.0 cm³/mol. The smallest absolute Gasteiger partial charge is 0.158 e. The third-order valence-electron chi connectivity index (χ3n) is 2.85. The molecule has 0 aromatic heterocycles. The molecule has 1 aromatic rings. The van der Waals surface area contributed by atoms with Gasteiger partial charge in [0.15, 0.2) is 6.29 Å². The summed E-state index contributed by atoms with van der Waals surface area (Å²) in [6, 6.07) is 10.1. The molecular formula is C19H28O2. The summed E-state index contributed by atoms with van der Waals surface area (Å²) in [5.41, 5.74) is 1.08. The first-order valence-electron chi connectivity index (χ1n) is 7.92. The molecule has 0 N–H and O–H groups in total. The topological polar surface area (TPSA) is 18.5 Å². The fourth-order valence-corrected chi connectivity index (χ4v) is 1.99. The Labute approximate surface area is 129 Å². The molecule has 0 bridgehead atoms. The molecule has 2 nitrogen and oxygen atoms in total. The molecule has 0 saturated carbocycles. The average Bonchev–Trinajstić information content (AvgIpc) is 2.42. The van der Waals surface area contributed by atoms with Crippen LogP contribution in [0.4, 0.5) is 0 Å². The second-order valence-electron chi connectivity index (χ2n) is 5.71. The standard InChI is InChI=1S/C19H28O2/c1-16(2)20-19(21-17(3)4)15-11-6-5-8-12-18-13-9-7-10-14-18/h7,9-10,13-14,16-17,19H,5-6,11,15H2,1-4H3. The summed E-state index contributed by atoms with van der Waals surface area (Å²) in [6.45, 7) is 8.17. The Kier molecular flexibility index (Phi) is 8.82. The first-order valence-corrected chi connectivity index (χ1v) is 7.92. The lowest BCUT2D eigenvalue weighted by atomic mass is 10.1. The summed E-state index contributed by atoms with van der Waals surface area (Å²) in [7, 11) is 0. The zero-order chi connectivity index (χ0) is 15.5. The zero-order valence-electron chi connectivity index (χ0n) is 13.8. The highest BCUT2D eigenvalue weighted by molar-refractivity contribution is 5.33. The number of ether oxygens (including phenoxy) is 2. The van der Waals surface area contributed by atoms with Crippen LogP contribution in [0, 0.1) is 11.8 Å². The van der Waals surface area contributed by atoms with Gasteiger partial charge in [0.05, 0.1) is 12.2 Å². The van der Waals surface area contributed by atoms with Crippen molar-refractivity contribution in [3.63, 3.8) is 0 Å². The van der Waals surface area contributed by atoms with E-state index in [1.54, 1.807) is 0 Å². The Balaban J connectivity index is 2.23. The van der Waals surface area contributed by atoms with Crippen molar-refractivity contribution in [1.82, 2.24) is 0 Å². The lowest BCUT2D eigenvalue weighted by Gasteiger charge is -2.22. The summed E-state index contributed by atoms with van der Waals surface area (Å²) in [5.74, 6) is 6.41. The molecule has 0 aliphatic rings. The molecule has 1 rings (SSSR count). The highest BCUT2D eigenvalue weighted by Gasteiger charge is 2.12. The maximum absolute atomic E-state index is 5.78. The fraction of sp³-hybridized carbons (Fsp3) is 0.579. The van der Waals surface area contributed by atoms with Crippen LogP contribution in [0.3, 0.4) is 0 Å². The van der Waals surface area contributed by atoms with Gasteiger partial charge in [-0.2, -0.15) is 0 Å². The molecule has 0 saturated heterocycles. The highest BCUT2D eigenvalue weighted by atomic mass is 16.7. The van der Waals surface area contributed by atoms with Crippen LogP contribution in [0.2, 0.25) is 0 Å². The van der Waals surface area contributed by atoms with Crippen LogP contribution in [-0.2, 0) is 9.47 Å². The molecule has 0 unspecified atom stereocenters. The van der Waals surface area contributed by atoms with Crippen molar-refractivity contribution < 1.29 is 9.47 Å². The van der Waals surface area contributed by atoms with Crippen molar-refractivity contribution in [3.8, 4) is 11.8 Å². The minimum absolute atomic E-state index is 0.0907. The number of unbranched alkanes of at least 4 members (excludes halogenated alkanes) is 2. The van der Waals surface area contributed by atoms with Crippen LogP contribution < -0.4 is 0 Å². The van der Waals surface area contributed by atoms with Crippen molar-refractivity contribution in [3.05, 3.63) is 35.9 Å². The van der Waals surface area contributed by atoms with Crippen molar-refractivity contribution >= 4 is 0 Å². The van der Waals surface area contributed by atoms with Crippen LogP contribution in [0.1, 0.15) is 58.9 Å². The molecule has 0 spiro atoms. The van der Waals surface area contributed by atoms with Gasteiger partial charge in [0.1, 0.15) is 0 Å². The molecule has 116 valence electrons. The SMILES string of the molecule is CC(C)OC(CCCCC#Cc1ccccc1)OC(C)C. The molecule has 2 heteroatoms. The number of hydrogen-bond donors (Lipinski definition) is 0. The van der Waals surface area contributed by atoms with E-state index in [4.69, 9.17) is 9.47 Å². The Morgan fingerprint density at radius 1 is 0.905 bits per heavy atom. The summed E-state index contributed by atoms with van der Waals surface area (Å²) < 4.78 is 11.6. The van der Waals surface area contributed by atoms with Crippen LogP contribution >= 0.6 is 0 Å². The van der Waals surface area contributed by atoms with E-state index in [0.717, 1.165) is 31.2 Å². The third-order valence-corrected chi connectivity index (χ3v) is 2.85. The van der Waals surface area contributed by atoms with Crippen LogP contribution in [0.25, 0.3) is 0 Å². The van der Waals surface area contributed by atoms with Crippen molar-refractivity contribution in [2.24, 2.45) is 0 Å². The summed E-state index contributed by atoms with van der Waals surface area (Å²) >= 11 is 0. The Morgan fingerprint density at radius 3 is 2.10 bits per heavy atom. The van der Waals surface area contributed by atoms with Gasteiger partial charge in [0.2, 0.25) is 0 Å². The van der Waals surface area contributed by atoms with Gasteiger partial charge >= 0.3 is 0 Å². The minimum Gasteiger partial charge on any atom is -0.350 e. The quantitative estimate of drug-likeness (QED) is 0.389. The second kappa shape index (κ2) is 10.4. The maximum atomic E-state index is 5.78. The van der Waals surface area contributed by atoms with E-state index in [0.29, 0.717) is 0 Å². The highest BCUT2D eigenvalue weighted by Crippen LogP contribution is 2.12. The van der Waals surface area contributed by atoms with Crippen molar-refractivity contribution in [2.75, 3.05) is 0 Å². The van der Waals surface area contributed by atoms with E-state index in [1.165, 1.54) is 0 Å². The first kappa shape index (κ1) is 17.8. The number of hydrogen-bond acceptors (Lipinski definition) is 2. The Bertz CT molecular complexity index is 416. The largest absolute Gasteiger partial charge is 0.350 e. The maximum Gasteiger partial charge on any atom is 0.158 e. The van der Waals surface area contributed by atoms with Crippen molar-refractivity contribution in [1.29, 1.82) is 0 Å². The van der Waals surface area contributed by atoms with Gasteiger partial charge in [-0.05, 0) is 59.1 Å². The first-order chi connectivity index (χ1) is 10.1. The van der Waals surface area contributed by atoms with E-state index in [1.807, 2.05) is 58.0 Å². The van der Waals surface area contributed by atoms with Gasteiger partial charge < -0.3 is 9.47 Å². The monoisotopic (exact) mass is 288 g/mol. The summed E-state index contributed by atoms with van der Waals surface area (Å²) in [4.78, 5) is 0. The van der Waals surface area contributed by atoms with Crippen molar-refractivity contribution in [2.45, 2.75) is 71.9 Å². The number of benzene rings is 1. The minimum atomic E-state index is -0.0907. The molecule has 0 aliphatic heterocycles. The van der Waals surface area contributed by atoms with Gasteiger partial charge in [-0.1, -0.05) is 30.0 Å². The third kappa shape index (κ3) is 9.28. The predicted octanol–water partition coefficient (Wildman–Crippen LogP) is 4.77. The molecule has 0 amide bonds. The van der Waals surface area contributed by atoms with Crippen LogP contribution in [0.15, 0.2) is 30.3 Å². The lowest BCUT2D eigenvalue weighted by molar-refractivity contribution is -0.184. The second-order valence-corrected chi connectivity index (χ2v) is 5.71. The van der Waals surface area contributed by atoms with E-state index < -0.39 is 0 Å².